The van der Waals surface area contributed by atoms with E-state index < -0.39 is 40.9 Å². The first-order chi connectivity index (χ1) is 17.7. The van der Waals surface area contributed by atoms with E-state index in [4.69, 9.17) is 4.74 Å². The minimum atomic E-state index is -4.76. The van der Waals surface area contributed by atoms with E-state index in [2.05, 4.69) is 0 Å². The molecule has 0 bridgehead atoms. The lowest BCUT2D eigenvalue weighted by atomic mass is 9.82. The van der Waals surface area contributed by atoms with Gasteiger partial charge in [-0.05, 0) is 91.9 Å². The number of carbonyl (C=O) groups is 1. The molecule has 1 aliphatic carbocycles. The molecule has 0 spiro atoms. The fourth-order valence-electron chi connectivity index (χ4n) is 5.34. The van der Waals surface area contributed by atoms with Gasteiger partial charge in [0.15, 0.2) is 0 Å². The van der Waals surface area contributed by atoms with E-state index in [0.717, 1.165) is 30.4 Å². The van der Waals surface area contributed by atoms with Crippen molar-refractivity contribution in [1.82, 2.24) is 4.90 Å². The Balaban J connectivity index is 1.42. The number of rotatable bonds is 9. The van der Waals surface area contributed by atoms with Crippen LogP contribution in [0.2, 0.25) is 0 Å². The van der Waals surface area contributed by atoms with Crippen molar-refractivity contribution in [3.63, 3.8) is 0 Å². The average Bonchev–Trinajstić information content (AvgIpc) is 3.66. The predicted molar refractivity (Wildman–Crippen MR) is 129 cm³/mol. The summed E-state index contributed by atoms with van der Waals surface area (Å²) in [6.45, 7) is 1.76. The monoisotopic (exact) mass is 543 g/mol. The number of nitrogens with zero attached hydrogens (tertiary/aromatic N) is 1. The van der Waals surface area contributed by atoms with E-state index in [1.54, 1.807) is 18.9 Å². The molecule has 3 atom stereocenters. The van der Waals surface area contributed by atoms with Gasteiger partial charge < -0.3 is 14.7 Å². The van der Waals surface area contributed by atoms with Crippen molar-refractivity contribution in [3.8, 4) is 5.75 Å². The number of benzene rings is 2. The predicted octanol–water partition coefficient (Wildman–Crippen LogP) is 7.15. The summed E-state index contributed by atoms with van der Waals surface area (Å²) >= 11 is 0. The molecule has 2 aliphatic rings. The highest BCUT2D eigenvalue weighted by molar-refractivity contribution is 5.71. The van der Waals surface area contributed by atoms with Crippen molar-refractivity contribution < 1.29 is 41.0 Å². The summed E-state index contributed by atoms with van der Waals surface area (Å²) in [5.41, 5.74) is -0.655. The molecule has 208 valence electrons. The van der Waals surface area contributed by atoms with Gasteiger partial charge in [0.2, 0.25) is 0 Å². The molecular formula is C28H31F6NO3. The van der Waals surface area contributed by atoms with Crippen molar-refractivity contribution in [2.75, 3.05) is 13.6 Å². The fourth-order valence-corrected chi connectivity index (χ4v) is 5.34. The van der Waals surface area contributed by atoms with Crippen LogP contribution in [-0.4, -0.2) is 35.7 Å². The lowest BCUT2D eigenvalue weighted by Crippen LogP contribution is -2.29. The molecule has 1 aliphatic heterocycles. The highest BCUT2D eigenvalue weighted by Crippen LogP contribution is 2.48. The molecule has 2 aromatic carbocycles. The summed E-state index contributed by atoms with van der Waals surface area (Å²) in [6, 6.07) is 7.40. The Labute approximate surface area is 217 Å². The molecule has 4 rings (SSSR count). The van der Waals surface area contributed by atoms with Crippen LogP contribution in [0.15, 0.2) is 36.4 Å². The van der Waals surface area contributed by atoms with Crippen molar-refractivity contribution in [3.05, 3.63) is 64.2 Å². The molecule has 3 unspecified atom stereocenters. The molecule has 38 heavy (non-hydrogen) atoms. The number of aliphatic carboxylic acids is 1. The largest absolute Gasteiger partial charge is 0.490 e. The number of fused-ring (bicyclic) bond motifs is 1. The zero-order valence-electron chi connectivity index (χ0n) is 21.2. The van der Waals surface area contributed by atoms with Gasteiger partial charge >= 0.3 is 18.3 Å². The first kappa shape index (κ1) is 28.3. The molecule has 1 saturated carbocycles. The quantitative estimate of drug-likeness (QED) is 0.341. The second kappa shape index (κ2) is 10.8. The zero-order chi connectivity index (χ0) is 27.8. The molecule has 10 heteroatoms. The Morgan fingerprint density at radius 3 is 2.37 bits per heavy atom. The minimum absolute atomic E-state index is 0.0943. The van der Waals surface area contributed by atoms with E-state index in [9.17, 15) is 36.2 Å². The molecule has 0 aromatic heterocycles. The van der Waals surface area contributed by atoms with Gasteiger partial charge in [-0.3, -0.25) is 4.79 Å². The summed E-state index contributed by atoms with van der Waals surface area (Å²) in [5.74, 6) is -0.420. The van der Waals surface area contributed by atoms with Gasteiger partial charge in [0.1, 0.15) is 11.9 Å². The highest BCUT2D eigenvalue weighted by atomic mass is 19.4. The van der Waals surface area contributed by atoms with Crippen LogP contribution in [0.25, 0.3) is 0 Å². The molecule has 0 radical (unpaired) electrons. The first-order valence-corrected chi connectivity index (χ1v) is 12.7. The summed E-state index contributed by atoms with van der Waals surface area (Å²) in [6.07, 6.45) is -5.77. The highest BCUT2D eigenvalue weighted by Gasteiger charge is 2.39. The zero-order valence-corrected chi connectivity index (χ0v) is 21.2. The summed E-state index contributed by atoms with van der Waals surface area (Å²) in [4.78, 5) is 13.2. The number of ether oxygens (including phenoxy) is 1. The molecule has 0 amide bonds. The van der Waals surface area contributed by atoms with Gasteiger partial charge in [-0.1, -0.05) is 19.1 Å². The number of aryl methyl sites for hydroxylation is 1. The second-order valence-electron chi connectivity index (χ2n) is 10.5. The number of alkyl halides is 6. The Morgan fingerprint density at radius 1 is 1.05 bits per heavy atom. The third-order valence-corrected chi connectivity index (χ3v) is 7.57. The van der Waals surface area contributed by atoms with E-state index in [-0.39, 0.29) is 18.6 Å². The molecule has 4 nitrogen and oxygen atoms in total. The van der Waals surface area contributed by atoms with Crippen LogP contribution < -0.4 is 4.74 Å². The third kappa shape index (κ3) is 6.62. The van der Waals surface area contributed by atoms with Crippen LogP contribution in [0.1, 0.15) is 66.3 Å². The van der Waals surface area contributed by atoms with E-state index in [0.29, 0.717) is 49.3 Å². The maximum absolute atomic E-state index is 13.4. The van der Waals surface area contributed by atoms with Gasteiger partial charge in [-0.25, -0.2) is 0 Å². The number of carboxylic acids is 1. The van der Waals surface area contributed by atoms with E-state index in [1.165, 1.54) is 0 Å². The van der Waals surface area contributed by atoms with Crippen molar-refractivity contribution in [1.29, 1.82) is 0 Å². The summed E-state index contributed by atoms with van der Waals surface area (Å²) in [7, 11) is 1.57. The van der Waals surface area contributed by atoms with Gasteiger partial charge in [-0.15, -0.1) is 0 Å². The van der Waals surface area contributed by atoms with Crippen LogP contribution in [0.4, 0.5) is 26.3 Å². The maximum Gasteiger partial charge on any atom is 0.416 e. The van der Waals surface area contributed by atoms with E-state index >= 15 is 0 Å². The van der Waals surface area contributed by atoms with Crippen LogP contribution in [0, 0.1) is 11.8 Å². The second-order valence-corrected chi connectivity index (χ2v) is 10.5. The Morgan fingerprint density at radius 2 is 1.76 bits per heavy atom. The molecule has 0 saturated heterocycles. The standard InChI is InChI=1S/C28H31F6NO3/c1-16(26(36)37)25(18-4-5-18)19-6-3-17-7-9-22(38-24(17)14-19)11-12-35(2)15-20-13-21(27(29,30)31)8-10-23(20)28(32,33)34/h3,6,8,10,13-14,16,18,22,25H,4-5,7,9,11-12,15H2,1-2H3,(H,36,37). The van der Waals surface area contributed by atoms with Crippen LogP contribution in [0.3, 0.4) is 0 Å². The minimum Gasteiger partial charge on any atom is -0.490 e. The number of carboxylic acid groups (broad SMARTS) is 1. The fraction of sp³-hybridized carbons (Fsp3) is 0.536. The van der Waals surface area contributed by atoms with Gasteiger partial charge in [0.25, 0.3) is 0 Å². The average molecular weight is 544 g/mol. The topological polar surface area (TPSA) is 49.8 Å². The Bertz CT molecular complexity index is 1160. The van der Waals surface area contributed by atoms with Crippen molar-refractivity contribution in [2.45, 2.75) is 69.9 Å². The third-order valence-electron chi connectivity index (χ3n) is 7.57. The molecule has 1 heterocycles. The summed E-state index contributed by atoms with van der Waals surface area (Å²) in [5, 5.41) is 9.56. The van der Waals surface area contributed by atoms with Crippen molar-refractivity contribution in [2.24, 2.45) is 11.8 Å². The summed E-state index contributed by atoms with van der Waals surface area (Å²) < 4.78 is 85.8. The normalized spacial score (nSPS) is 19.6. The molecule has 2 aromatic rings. The number of hydrogen-bond acceptors (Lipinski definition) is 3. The molecular weight excluding hydrogens is 512 g/mol. The molecule has 1 fully saturated rings. The van der Waals surface area contributed by atoms with Crippen molar-refractivity contribution >= 4 is 5.97 Å². The van der Waals surface area contributed by atoms with Gasteiger partial charge in [0, 0.05) is 13.1 Å². The Kier molecular flexibility index (Phi) is 8.02. The molecule has 1 N–H and O–H groups in total. The maximum atomic E-state index is 13.4. The van der Waals surface area contributed by atoms with E-state index in [1.807, 2.05) is 18.2 Å². The van der Waals surface area contributed by atoms with Gasteiger partial charge in [-0.2, -0.15) is 26.3 Å². The SMILES string of the molecule is CC(C(=O)O)C(c1ccc2c(c1)OC(CCN(C)Cc1cc(C(F)(F)F)ccc1C(F)(F)F)CC2)C1CC1. The first-order valence-electron chi connectivity index (χ1n) is 12.7. The van der Waals surface area contributed by atoms with Crippen LogP contribution >= 0.6 is 0 Å². The smallest absolute Gasteiger partial charge is 0.416 e. The lowest BCUT2D eigenvalue weighted by molar-refractivity contribution is -0.142. The Hall–Kier alpha value is -2.75. The van der Waals surface area contributed by atoms with Gasteiger partial charge in [0.05, 0.1) is 17.0 Å². The van der Waals surface area contributed by atoms with Crippen LogP contribution in [-0.2, 0) is 30.1 Å². The van der Waals surface area contributed by atoms with Crippen LogP contribution in [0.5, 0.6) is 5.75 Å². The number of hydrogen-bond donors (Lipinski definition) is 1. The lowest BCUT2D eigenvalue weighted by Gasteiger charge is -2.30. The number of halogens is 6.